The molecule has 1 aliphatic rings. The predicted molar refractivity (Wildman–Crippen MR) is 198 cm³/mol. The van der Waals surface area contributed by atoms with E-state index in [1.807, 2.05) is 0 Å². The average Bonchev–Trinajstić information content (AvgIpc) is 3.13. The van der Waals surface area contributed by atoms with Crippen molar-refractivity contribution in [2.75, 3.05) is 11.9 Å². The fourth-order valence-corrected chi connectivity index (χ4v) is 7.55. The molecule has 0 saturated heterocycles. The zero-order chi connectivity index (χ0) is 30.5. The van der Waals surface area contributed by atoms with Gasteiger partial charge >= 0.3 is 0 Å². The van der Waals surface area contributed by atoms with Crippen molar-refractivity contribution in [3.05, 3.63) is 169 Å². The predicted octanol–water partition coefficient (Wildman–Crippen LogP) is 12.3. The molecule has 0 radical (unpaired) electrons. The molecule has 9 rings (SSSR count). The van der Waals surface area contributed by atoms with Crippen molar-refractivity contribution >= 4 is 44.1 Å². The molecule has 1 heteroatoms. The van der Waals surface area contributed by atoms with E-state index in [-0.39, 0.29) is 0 Å². The normalized spacial score (nSPS) is 12.3. The molecule has 1 nitrogen and oxygen atoms in total. The molecule has 0 bridgehead atoms. The molecule has 0 saturated carbocycles. The number of fused-ring (bicyclic) bond motifs is 4. The van der Waals surface area contributed by atoms with Gasteiger partial charge in [-0.15, -0.1) is 0 Å². The maximum Gasteiger partial charge on any atom is 0.0508 e. The monoisotopic (exact) mass is 585 g/mol. The van der Waals surface area contributed by atoms with Gasteiger partial charge in [0.05, 0.1) is 5.69 Å². The van der Waals surface area contributed by atoms with Crippen molar-refractivity contribution in [3.63, 3.8) is 0 Å². The Balaban J connectivity index is 1.34. The maximum atomic E-state index is 3.76. The van der Waals surface area contributed by atoms with Crippen LogP contribution in [-0.4, -0.2) is 6.54 Å². The van der Waals surface area contributed by atoms with Gasteiger partial charge < -0.3 is 5.32 Å². The summed E-state index contributed by atoms with van der Waals surface area (Å²) in [5.41, 5.74) is 12.5. The lowest BCUT2D eigenvalue weighted by Crippen LogP contribution is -2.08. The second-order valence-corrected chi connectivity index (χ2v) is 12.0. The molecule has 1 N–H and O–H groups in total. The van der Waals surface area contributed by atoms with Gasteiger partial charge in [-0.1, -0.05) is 164 Å². The standard InChI is InChI=1S/C45H31N/c1-3-15-30(16-4-1)41-34-21-7-9-23-36(34)42(37-24-10-8-22-35(37)41)32-19-13-20-33(29-32)43-38-25-11-12-26-39(38)44(31-17-5-2-6-18-31)45-40(43)27-14-28-46-45/h1-27,29,46H,28H2. The molecule has 1 aliphatic heterocycles. The summed E-state index contributed by atoms with van der Waals surface area (Å²) in [4.78, 5) is 0. The molecule has 0 aromatic heterocycles. The van der Waals surface area contributed by atoms with Gasteiger partial charge in [0, 0.05) is 17.7 Å². The van der Waals surface area contributed by atoms with Crippen LogP contribution >= 0.6 is 0 Å². The van der Waals surface area contributed by atoms with E-state index in [0.29, 0.717) is 0 Å². The van der Waals surface area contributed by atoms with Crippen LogP contribution in [0, 0.1) is 0 Å². The topological polar surface area (TPSA) is 12.0 Å². The number of anilines is 1. The Hall–Kier alpha value is -5.92. The lowest BCUT2D eigenvalue weighted by molar-refractivity contribution is 1.32. The highest BCUT2D eigenvalue weighted by Crippen LogP contribution is 2.48. The van der Waals surface area contributed by atoms with Gasteiger partial charge in [0.2, 0.25) is 0 Å². The minimum Gasteiger partial charge on any atom is -0.381 e. The first-order chi connectivity index (χ1) is 22.9. The van der Waals surface area contributed by atoms with Crippen molar-refractivity contribution in [2.45, 2.75) is 0 Å². The number of hydrogen-bond acceptors (Lipinski definition) is 1. The lowest BCUT2D eigenvalue weighted by Gasteiger charge is -2.25. The number of nitrogens with one attached hydrogen (secondary N) is 1. The van der Waals surface area contributed by atoms with Gasteiger partial charge in [0.15, 0.2) is 0 Å². The fraction of sp³-hybridized carbons (Fsp3) is 0.0222. The van der Waals surface area contributed by atoms with Crippen molar-refractivity contribution in [1.82, 2.24) is 0 Å². The zero-order valence-electron chi connectivity index (χ0n) is 25.4. The van der Waals surface area contributed by atoms with Gasteiger partial charge in [-0.25, -0.2) is 0 Å². The molecule has 216 valence electrons. The molecule has 0 aliphatic carbocycles. The second-order valence-electron chi connectivity index (χ2n) is 12.0. The second kappa shape index (κ2) is 10.9. The first-order valence-corrected chi connectivity index (χ1v) is 16.0. The van der Waals surface area contributed by atoms with Gasteiger partial charge in [-0.3, -0.25) is 0 Å². The van der Waals surface area contributed by atoms with Crippen molar-refractivity contribution in [2.24, 2.45) is 0 Å². The van der Waals surface area contributed by atoms with Crippen LogP contribution in [0.25, 0.3) is 82.9 Å². The van der Waals surface area contributed by atoms with Crippen molar-refractivity contribution in [1.29, 1.82) is 0 Å². The highest BCUT2D eigenvalue weighted by atomic mass is 14.9. The Kier molecular flexibility index (Phi) is 6.28. The van der Waals surface area contributed by atoms with Crippen LogP contribution in [0.4, 0.5) is 5.69 Å². The van der Waals surface area contributed by atoms with Crippen LogP contribution in [0.5, 0.6) is 0 Å². The Bertz CT molecular complexity index is 2400. The Morgan fingerprint density at radius 1 is 0.348 bits per heavy atom. The summed E-state index contributed by atoms with van der Waals surface area (Å²) in [5, 5.41) is 11.4. The summed E-state index contributed by atoms with van der Waals surface area (Å²) >= 11 is 0. The third-order valence-electron chi connectivity index (χ3n) is 9.43. The number of hydrogen-bond donors (Lipinski definition) is 1. The largest absolute Gasteiger partial charge is 0.381 e. The summed E-state index contributed by atoms with van der Waals surface area (Å²) in [6, 6.07) is 57.5. The molecule has 8 aromatic rings. The van der Waals surface area contributed by atoms with Gasteiger partial charge in [-0.2, -0.15) is 0 Å². The smallest absolute Gasteiger partial charge is 0.0508 e. The van der Waals surface area contributed by atoms with E-state index in [1.54, 1.807) is 0 Å². The summed E-state index contributed by atoms with van der Waals surface area (Å²) in [7, 11) is 0. The Labute approximate surface area is 269 Å². The molecule has 1 heterocycles. The minimum atomic E-state index is 0.816. The molecule has 0 fully saturated rings. The van der Waals surface area contributed by atoms with Gasteiger partial charge in [0.1, 0.15) is 0 Å². The SMILES string of the molecule is C1=Cc2c(c(-c3ccccc3)c3ccccc3c2-c2cccc(-c3c4ccccc4c(-c4ccccc4)c4ccccc34)c2)NC1. The van der Waals surface area contributed by atoms with E-state index in [2.05, 4.69) is 175 Å². The van der Waals surface area contributed by atoms with Gasteiger partial charge in [-0.05, 0) is 77.3 Å². The molecule has 0 amide bonds. The Morgan fingerprint density at radius 3 is 1.28 bits per heavy atom. The summed E-state index contributed by atoms with van der Waals surface area (Å²) in [6.07, 6.45) is 4.55. The highest BCUT2D eigenvalue weighted by molar-refractivity contribution is 6.22. The van der Waals surface area contributed by atoms with E-state index in [1.165, 1.54) is 88.1 Å². The van der Waals surface area contributed by atoms with Crippen LogP contribution in [0.3, 0.4) is 0 Å². The zero-order valence-corrected chi connectivity index (χ0v) is 25.4. The first kappa shape index (κ1) is 26.5. The van der Waals surface area contributed by atoms with Crippen LogP contribution in [0.2, 0.25) is 0 Å². The highest BCUT2D eigenvalue weighted by Gasteiger charge is 2.22. The van der Waals surface area contributed by atoms with E-state index in [9.17, 15) is 0 Å². The lowest BCUT2D eigenvalue weighted by atomic mass is 9.83. The van der Waals surface area contributed by atoms with Crippen molar-refractivity contribution in [3.8, 4) is 44.5 Å². The molecule has 46 heavy (non-hydrogen) atoms. The van der Waals surface area contributed by atoms with E-state index >= 15 is 0 Å². The molecular weight excluding hydrogens is 555 g/mol. The summed E-state index contributed by atoms with van der Waals surface area (Å²) in [5.74, 6) is 0. The average molecular weight is 586 g/mol. The maximum absolute atomic E-state index is 3.76. The third kappa shape index (κ3) is 4.17. The fourth-order valence-electron chi connectivity index (χ4n) is 7.55. The van der Waals surface area contributed by atoms with Crippen molar-refractivity contribution < 1.29 is 0 Å². The third-order valence-corrected chi connectivity index (χ3v) is 9.43. The number of rotatable bonds is 4. The quantitative estimate of drug-likeness (QED) is 0.203. The van der Waals surface area contributed by atoms with E-state index < -0.39 is 0 Å². The summed E-state index contributed by atoms with van der Waals surface area (Å²) < 4.78 is 0. The molecule has 0 atom stereocenters. The van der Waals surface area contributed by atoms with Crippen LogP contribution < -0.4 is 5.32 Å². The minimum absolute atomic E-state index is 0.816. The molecular formula is C45H31N. The Morgan fingerprint density at radius 2 is 0.739 bits per heavy atom. The van der Waals surface area contributed by atoms with Crippen LogP contribution in [0.1, 0.15) is 5.56 Å². The van der Waals surface area contributed by atoms with E-state index in [0.717, 1.165) is 6.54 Å². The van der Waals surface area contributed by atoms with Crippen LogP contribution in [-0.2, 0) is 0 Å². The molecule has 0 unspecified atom stereocenters. The molecule has 0 spiro atoms. The summed E-state index contributed by atoms with van der Waals surface area (Å²) in [6.45, 7) is 0.816. The molecule has 8 aromatic carbocycles. The van der Waals surface area contributed by atoms with Crippen LogP contribution in [0.15, 0.2) is 164 Å². The van der Waals surface area contributed by atoms with E-state index in [4.69, 9.17) is 0 Å². The first-order valence-electron chi connectivity index (χ1n) is 16.0. The number of benzene rings is 8. The van der Waals surface area contributed by atoms with Gasteiger partial charge in [0.25, 0.3) is 0 Å².